The third kappa shape index (κ3) is 3.93. The lowest BCUT2D eigenvalue weighted by Gasteiger charge is -2.00. The number of nitrogens with zero attached hydrogens (tertiary/aromatic N) is 4. The fourth-order valence-electron chi connectivity index (χ4n) is 2.26. The van der Waals surface area contributed by atoms with E-state index < -0.39 is 4.92 Å². The molecule has 2 aromatic carbocycles. The van der Waals surface area contributed by atoms with Crippen molar-refractivity contribution in [1.82, 2.24) is 14.9 Å². The number of para-hydroxylation sites is 1. The molecule has 7 nitrogen and oxygen atoms in total. The molecule has 0 fully saturated rings. The number of hydrogen-bond donors (Lipinski definition) is 1. The molecule has 0 aliphatic carbocycles. The van der Waals surface area contributed by atoms with Crippen molar-refractivity contribution in [2.45, 2.75) is 0 Å². The fraction of sp³-hybridized carbons (Fsp3) is 0. The Morgan fingerprint density at radius 1 is 1.27 bits per heavy atom. The predicted molar refractivity (Wildman–Crippen MR) is 104 cm³/mol. The zero-order valence-electron chi connectivity index (χ0n) is 13.2. The summed E-state index contributed by atoms with van der Waals surface area (Å²) < 4.78 is 1.76. The van der Waals surface area contributed by atoms with Gasteiger partial charge in [0.2, 0.25) is 4.77 Å². The highest BCUT2D eigenvalue weighted by atomic mass is 35.5. The van der Waals surface area contributed by atoms with Gasteiger partial charge in [0.25, 0.3) is 5.69 Å². The molecule has 1 heterocycles. The quantitative estimate of drug-likeness (QED) is 0.298. The van der Waals surface area contributed by atoms with Crippen LogP contribution < -0.4 is 0 Å². The minimum absolute atomic E-state index is 0.0247. The summed E-state index contributed by atoms with van der Waals surface area (Å²) in [7, 11) is 0. The monoisotopic (exact) mass is 385 g/mol. The average molecular weight is 386 g/mol. The minimum Gasteiger partial charge on any atom is -0.258 e. The number of nitro benzene ring substituents is 1. The van der Waals surface area contributed by atoms with E-state index in [0.29, 0.717) is 21.2 Å². The topological polar surface area (TPSA) is 89.1 Å². The van der Waals surface area contributed by atoms with Gasteiger partial charge in [-0.2, -0.15) is 14.9 Å². The van der Waals surface area contributed by atoms with Gasteiger partial charge in [-0.3, -0.25) is 10.1 Å². The van der Waals surface area contributed by atoms with E-state index in [1.165, 1.54) is 17.0 Å². The van der Waals surface area contributed by atoms with Gasteiger partial charge in [0.15, 0.2) is 5.82 Å². The Balaban J connectivity index is 1.88. The van der Waals surface area contributed by atoms with Crippen molar-refractivity contribution in [3.8, 4) is 11.4 Å². The average Bonchev–Trinajstić information content (AvgIpc) is 2.99. The van der Waals surface area contributed by atoms with Gasteiger partial charge in [-0.1, -0.05) is 35.9 Å². The van der Waals surface area contributed by atoms with Crippen molar-refractivity contribution in [3.63, 3.8) is 0 Å². The van der Waals surface area contributed by atoms with Crippen LogP contribution in [-0.4, -0.2) is 26.0 Å². The van der Waals surface area contributed by atoms with Crippen molar-refractivity contribution >= 4 is 41.8 Å². The van der Waals surface area contributed by atoms with Gasteiger partial charge in [0, 0.05) is 22.9 Å². The van der Waals surface area contributed by atoms with E-state index in [1.54, 1.807) is 48.6 Å². The van der Waals surface area contributed by atoms with Crippen molar-refractivity contribution in [2.24, 2.45) is 5.10 Å². The van der Waals surface area contributed by atoms with E-state index in [1.807, 2.05) is 6.07 Å². The summed E-state index contributed by atoms with van der Waals surface area (Å²) in [6, 6.07) is 13.6. The van der Waals surface area contributed by atoms with Crippen molar-refractivity contribution < 1.29 is 4.92 Å². The number of benzene rings is 2. The molecule has 0 spiro atoms. The van der Waals surface area contributed by atoms with Crippen LogP contribution in [0.4, 0.5) is 5.69 Å². The molecule has 0 bridgehead atoms. The predicted octanol–water partition coefficient (Wildman–Crippen LogP) is 4.72. The SMILES string of the molecule is O=[N+]([O-])c1ccccc1/C=C/C=N/n1c(-c2cccc(Cl)c2)n[nH]c1=S. The number of allylic oxidation sites excluding steroid dienone is 1. The van der Waals surface area contributed by atoms with E-state index in [-0.39, 0.29) is 5.69 Å². The number of hydrogen-bond acceptors (Lipinski definition) is 5. The van der Waals surface area contributed by atoms with Gasteiger partial charge in [-0.25, -0.2) is 5.10 Å². The third-order valence-corrected chi connectivity index (χ3v) is 3.91. The van der Waals surface area contributed by atoms with E-state index in [2.05, 4.69) is 15.3 Å². The summed E-state index contributed by atoms with van der Waals surface area (Å²) in [6.07, 6.45) is 4.68. The van der Waals surface area contributed by atoms with Gasteiger partial charge in [-0.15, -0.1) is 0 Å². The van der Waals surface area contributed by atoms with Crippen LogP contribution >= 0.6 is 23.8 Å². The Labute approximate surface area is 158 Å². The standard InChI is InChI=1S/C17H12ClN5O2S/c18-14-8-3-6-13(11-14)16-20-21-17(26)22(16)19-10-4-7-12-5-1-2-9-15(12)23(24)25/h1-11H,(H,21,26)/b7-4+,19-10+. The summed E-state index contributed by atoms with van der Waals surface area (Å²) in [6.45, 7) is 0. The Morgan fingerprint density at radius 2 is 2.08 bits per heavy atom. The molecule has 1 N–H and O–H groups in total. The number of aromatic amines is 1. The number of halogens is 1. The highest BCUT2D eigenvalue weighted by molar-refractivity contribution is 7.71. The summed E-state index contributed by atoms with van der Waals surface area (Å²) in [4.78, 5) is 10.6. The Kier molecular flexibility index (Phi) is 5.35. The molecule has 130 valence electrons. The van der Waals surface area contributed by atoms with E-state index in [4.69, 9.17) is 23.8 Å². The molecule has 0 saturated carbocycles. The molecule has 1 aromatic heterocycles. The van der Waals surface area contributed by atoms with Gasteiger partial charge in [0.05, 0.1) is 10.5 Å². The second-order valence-electron chi connectivity index (χ2n) is 5.11. The van der Waals surface area contributed by atoms with E-state index >= 15 is 0 Å². The van der Waals surface area contributed by atoms with Crippen LogP contribution in [0.2, 0.25) is 5.02 Å². The van der Waals surface area contributed by atoms with Crippen LogP contribution in [0.5, 0.6) is 0 Å². The van der Waals surface area contributed by atoms with Crippen molar-refractivity contribution in [3.05, 3.63) is 80.1 Å². The van der Waals surface area contributed by atoms with E-state index in [0.717, 1.165) is 5.56 Å². The Bertz CT molecular complexity index is 1070. The first-order valence-electron chi connectivity index (χ1n) is 7.44. The van der Waals surface area contributed by atoms with Crippen LogP contribution in [0.3, 0.4) is 0 Å². The van der Waals surface area contributed by atoms with Crippen LogP contribution in [0, 0.1) is 14.9 Å². The van der Waals surface area contributed by atoms with Crippen LogP contribution in [0.15, 0.2) is 59.7 Å². The highest BCUT2D eigenvalue weighted by Crippen LogP contribution is 2.21. The summed E-state index contributed by atoms with van der Waals surface area (Å²) in [5, 5.41) is 22.7. The van der Waals surface area contributed by atoms with Crippen LogP contribution in [0.1, 0.15) is 5.56 Å². The lowest BCUT2D eigenvalue weighted by atomic mass is 10.2. The maximum Gasteiger partial charge on any atom is 0.276 e. The zero-order valence-corrected chi connectivity index (χ0v) is 14.8. The molecule has 9 heteroatoms. The molecule has 0 aliphatic heterocycles. The molecule has 0 radical (unpaired) electrons. The first-order valence-corrected chi connectivity index (χ1v) is 8.22. The second-order valence-corrected chi connectivity index (χ2v) is 5.94. The molecule has 3 aromatic rings. The first-order chi connectivity index (χ1) is 12.6. The minimum atomic E-state index is -0.430. The molecular formula is C17H12ClN5O2S. The van der Waals surface area contributed by atoms with Crippen LogP contribution in [0.25, 0.3) is 17.5 Å². The maximum atomic E-state index is 11.0. The van der Waals surface area contributed by atoms with Gasteiger partial charge >= 0.3 is 0 Å². The van der Waals surface area contributed by atoms with Gasteiger partial charge in [0.1, 0.15) is 0 Å². The number of nitrogens with one attached hydrogen (secondary N) is 1. The Morgan fingerprint density at radius 3 is 2.85 bits per heavy atom. The maximum absolute atomic E-state index is 11.0. The molecule has 0 saturated heterocycles. The molecule has 0 aliphatic rings. The third-order valence-electron chi connectivity index (χ3n) is 3.41. The largest absolute Gasteiger partial charge is 0.276 e. The smallest absolute Gasteiger partial charge is 0.258 e. The molecular weight excluding hydrogens is 374 g/mol. The zero-order chi connectivity index (χ0) is 18.5. The number of nitro groups is 1. The molecule has 0 amide bonds. The fourth-order valence-corrected chi connectivity index (χ4v) is 2.63. The molecule has 0 atom stereocenters. The molecule has 26 heavy (non-hydrogen) atoms. The lowest BCUT2D eigenvalue weighted by molar-refractivity contribution is -0.385. The second kappa shape index (κ2) is 7.85. The van der Waals surface area contributed by atoms with Crippen molar-refractivity contribution in [1.29, 1.82) is 0 Å². The molecule has 3 rings (SSSR count). The van der Waals surface area contributed by atoms with E-state index in [9.17, 15) is 10.1 Å². The summed E-state index contributed by atoms with van der Waals surface area (Å²) in [5.41, 5.74) is 1.26. The number of aromatic nitrogens is 3. The number of rotatable bonds is 5. The van der Waals surface area contributed by atoms with Gasteiger partial charge < -0.3 is 0 Å². The first kappa shape index (κ1) is 17.7. The van der Waals surface area contributed by atoms with Gasteiger partial charge in [-0.05, 0) is 42.6 Å². The summed E-state index contributed by atoms with van der Waals surface area (Å²) >= 11 is 11.2. The van der Waals surface area contributed by atoms with Crippen molar-refractivity contribution in [2.75, 3.05) is 0 Å². The molecule has 0 unspecified atom stereocenters. The van der Waals surface area contributed by atoms with Crippen LogP contribution in [-0.2, 0) is 0 Å². The summed E-state index contributed by atoms with van der Waals surface area (Å²) in [5.74, 6) is 0.507. The number of H-pyrrole nitrogens is 1. The normalized spacial score (nSPS) is 11.4. The lowest BCUT2D eigenvalue weighted by Crippen LogP contribution is -1.93. The highest BCUT2D eigenvalue weighted by Gasteiger charge is 2.09. The Hall–Kier alpha value is -3.10.